The van der Waals surface area contributed by atoms with E-state index in [0.29, 0.717) is 6.04 Å². The van der Waals surface area contributed by atoms with Gasteiger partial charge in [-0.2, -0.15) is 11.3 Å². The van der Waals surface area contributed by atoms with Gasteiger partial charge in [-0.05, 0) is 46.9 Å². The van der Waals surface area contributed by atoms with Crippen molar-refractivity contribution in [1.29, 1.82) is 0 Å². The number of anilines is 1. The van der Waals surface area contributed by atoms with Gasteiger partial charge >= 0.3 is 0 Å². The normalized spacial score (nSPS) is 14.7. The quantitative estimate of drug-likeness (QED) is 0.767. The summed E-state index contributed by atoms with van der Waals surface area (Å²) in [4.78, 5) is 7.02. The molecule has 3 rings (SSSR count). The summed E-state index contributed by atoms with van der Waals surface area (Å²) in [6.45, 7) is 0.981. The molecule has 94 valence electrons. The first kappa shape index (κ1) is 12.2. The maximum absolute atomic E-state index is 4.59. The molecule has 18 heavy (non-hydrogen) atoms. The average Bonchev–Trinajstić information content (AvgIpc) is 3.13. The summed E-state index contributed by atoms with van der Waals surface area (Å²) in [5, 5.41) is 5.23. The van der Waals surface area contributed by atoms with E-state index in [0.717, 1.165) is 17.7 Å². The Labute approximate surface area is 120 Å². The van der Waals surface area contributed by atoms with Crippen LogP contribution in [-0.2, 0) is 11.9 Å². The molecule has 0 aliphatic heterocycles. The molecule has 2 aromatic rings. The van der Waals surface area contributed by atoms with Crippen LogP contribution in [-0.4, -0.2) is 11.0 Å². The third-order valence-corrected chi connectivity index (χ3v) is 4.56. The molecule has 0 N–H and O–H groups in total. The molecule has 0 radical (unpaired) electrons. The van der Waals surface area contributed by atoms with Gasteiger partial charge < -0.3 is 4.90 Å². The molecule has 1 aliphatic carbocycles. The molecule has 1 aliphatic rings. The second-order valence-corrected chi connectivity index (χ2v) is 5.99. The van der Waals surface area contributed by atoms with Crippen LogP contribution in [0.3, 0.4) is 0 Å². The monoisotopic (exact) mass is 322 g/mol. The average molecular weight is 323 g/mol. The van der Waals surface area contributed by atoms with Gasteiger partial charge in [0.05, 0.1) is 0 Å². The second-order valence-electron chi connectivity index (χ2n) is 4.65. The molecule has 0 saturated heterocycles. The van der Waals surface area contributed by atoms with Gasteiger partial charge in [-0.25, -0.2) is 4.98 Å². The molecular formula is C14H15BrN2S. The number of alkyl halides is 1. The van der Waals surface area contributed by atoms with Gasteiger partial charge in [0.15, 0.2) is 0 Å². The van der Waals surface area contributed by atoms with Gasteiger partial charge in [0.2, 0.25) is 0 Å². The van der Waals surface area contributed by atoms with Crippen molar-refractivity contribution in [2.75, 3.05) is 4.90 Å². The van der Waals surface area contributed by atoms with Crippen molar-refractivity contribution < 1.29 is 0 Å². The summed E-state index contributed by atoms with van der Waals surface area (Å²) in [6, 6.07) is 7.18. The highest BCUT2D eigenvalue weighted by atomic mass is 79.9. The maximum Gasteiger partial charge on any atom is 0.129 e. The standard InChI is InChI=1S/C14H15BrN2S/c15-7-11-1-4-14(16-8-11)17(13-2-3-13)9-12-5-6-18-10-12/h1,4-6,8,10,13H,2-3,7,9H2. The number of hydrogen-bond acceptors (Lipinski definition) is 3. The zero-order chi connectivity index (χ0) is 12.4. The van der Waals surface area contributed by atoms with Crippen LogP contribution in [0.25, 0.3) is 0 Å². The van der Waals surface area contributed by atoms with Crippen LogP contribution >= 0.6 is 27.3 Å². The molecule has 0 unspecified atom stereocenters. The molecule has 0 aromatic carbocycles. The zero-order valence-corrected chi connectivity index (χ0v) is 12.5. The molecule has 4 heteroatoms. The summed E-state index contributed by atoms with van der Waals surface area (Å²) in [5.74, 6) is 1.11. The van der Waals surface area contributed by atoms with Crippen LogP contribution in [0, 0.1) is 0 Å². The largest absolute Gasteiger partial charge is 0.349 e. The minimum Gasteiger partial charge on any atom is -0.349 e. The van der Waals surface area contributed by atoms with E-state index in [4.69, 9.17) is 0 Å². The fraction of sp³-hybridized carbons (Fsp3) is 0.357. The van der Waals surface area contributed by atoms with Crippen LogP contribution in [0.15, 0.2) is 35.2 Å². The van der Waals surface area contributed by atoms with Gasteiger partial charge in [0, 0.05) is 24.1 Å². The Hall–Kier alpha value is -0.870. The Morgan fingerprint density at radius 1 is 1.28 bits per heavy atom. The third-order valence-electron chi connectivity index (χ3n) is 3.18. The highest BCUT2D eigenvalue weighted by molar-refractivity contribution is 9.08. The predicted molar refractivity (Wildman–Crippen MR) is 80.4 cm³/mol. The second kappa shape index (κ2) is 5.41. The number of thiophene rings is 1. The summed E-state index contributed by atoms with van der Waals surface area (Å²) in [6.07, 6.45) is 4.56. The Balaban J connectivity index is 1.80. The molecule has 0 bridgehead atoms. The molecule has 1 fully saturated rings. The number of rotatable bonds is 5. The van der Waals surface area contributed by atoms with Crippen molar-refractivity contribution >= 4 is 33.1 Å². The molecule has 2 aromatic heterocycles. The third kappa shape index (κ3) is 2.75. The van der Waals surface area contributed by atoms with Gasteiger partial charge in [-0.1, -0.05) is 22.0 Å². The first-order chi connectivity index (χ1) is 8.86. The van der Waals surface area contributed by atoms with E-state index in [1.807, 2.05) is 6.20 Å². The van der Waals surface area contributed by atoms with Crippen molar-refractivity contribution in [2.24, 2.45) is 0 Å². The molecular weight excluding hydrogens is 308 g/mol. The van der Waals surface area contributed by atoms with Crippen molar-refractivity contribution in [3.05, 3.63) is 46.3 Å². The first-order valence-corrected chi connectivity index (χ1v) is 8.22. The predicted octanol–water partition coefficient (Wildman–Crippen LogP) is 4.21. The smallest absolute Gasteiger partial charge is 0.129 e. The van der Waals surface area contributed by atoms with Gasteiger partial charge in [-0.15, -0.1) is 0 Å². The molecule has 2 heterocycles. The van der Waals surface area contributed by atoms with E-state index < -0.39 is 0 Å². The lowest BCUT2D eigenvalue weighted by molar-refractivity contribution is 0.779. The summed E-state index contributed by atoms with van der Waals surface area (Å²) in [5.41, 5.74) is 2.61. The van der Waals surface area contributed by atoms with E-state index in [2.05, 4.69) is 54.8 Å². The Morgan fingerprint density at radius 2 is 2.17 bits per heavy atom. The van der Waals surface area contributed by atoms with Crippen molar-refractivity contribution in [3.63, 3.8) is 0 Å². The summed E-state index contributed by atoms with van der Waals surface area (Å²) in [7, 11) is 0. The lowest BCUT2D eigenvalue weighted by Gasteiger charge is -2.23. The Kier molecular flexibility index (Phi) is 3.66. The van der Waals surface area contributed by atoms with E-state index in [1.54, 1.807) is 11.3 Å². The molecule has 2 nitrogen and oxygen atoms in total. The summed E-state index contributed by atoms with van der Waals surface area (Å²) >= 11 is 5.22. The lowest BCUT2D eigenvalue weighted by Crippen LogP contribution is -2.25. The molecule has 0 atom stereocenters. The fourth-order valence-corrected chi connectivity index (χ4v) is 3.02. The van der Waals surface area contributed by atoms with Crippen molar-refractivity contribution in [1.82, 2.24) is 4.98 Å². The number of hydrogen-bond donors (Lipinski definition) is 0. The van der Waals surface area contributed by atoms with Crippen LogP contribution in [0.4, 0.5) is 5.82 Å². The van der Waals surface area contributed by atoms with E-state index >= 15 is 0 Å². The zero-order valence-electron chi connectivity index (χ0n) is 10.1. The molecule has 1 saturated carbocycles. The molecule has 0 amide bonds. The lowest BCUT2D eigenvalue weighted by atomic mass is 10.2. The maximum atomic E-state index is 4.59. The first-order valence-electron chi connectivity index (χ1n) is 6.15. The number of halogens is 1. The van der Waals surface area contributed by atoms with Gasteiger partial charge in [0.1, 0.15) is 5.82 Å². The van der Waals surface area contributed by atoms with Crippen LogP contribution in [0.1, 0.15) is 24.0 Å². The SMILES string of the molecule is BrCc1ccc(N(Cc2ccsc2)C2CC2)nc1. The Bertz CT molecular complexity index is 491. The van der Waals surface area contributed by atoms with Crippen LogP contribution < -0.4 is 4.90 Å². The fourth-order valence-electron chi connectivity index (χ4n) is 2.03. The number of aromatic nitrogens is 1. The number of pyridine rings is 1. The summed E-state index contributed by atoms with van der Waals surface area (Å²) < 4.78 is 0. The molecule has 0 spiro atoms. The van der Waals surface area contributed by atoms with E-state index in [9.17, 15) is 0 Å². The van der Waals surface area contributed by atoms with Crippen LogP contribution in [0.2, 0.25) is 0 Å². The minimum absolute atomic E-state index is 0.687. The van der Waals surface area contributed by atoms with Crippen molar-refractivity contribution in [3.8, 4) is 0 Å². The van der Waals surface area contributed by atoms with E-state index in [1.165, 1.54) is 24.0 Å². The number of nitrogens with zero attached hydrogens (tertiary/aromatic N) is 2. The van der Waals surface area contributed by atoms with Gasteiger partial charge in [-0.3, -0.25) is 0 Å². The van der Waals surface area contributed by atoms with Crippen LogP contribution in [0.5, 0.6) is 0 Å². The van der Waals surface area contributed by atoms with Crippen molar-refractivity contribution in [2.45, 2.75) is 30.8 Å². The van der Waals surface area contributed by atoms with Gasteiger partial charge in [0.25, 0.3) is 0 Å². The highest BCUT2D eigenvalue weighted by Crippen LogP contribution is 2.32. The Morgan fingerprint density at radius 3 is 2.72 bits per heavy atom. The minimum atomic E-state index is 0.687. The van der Waals surface area contributed by atoms with E-state index in [-0.39, 0.29) is 0 Å². The highest BCUT2D eigenvalue weighted by Gasteiger charge is 2.30. The topological polar surface area (TPSA) is 16.1 Å².